The molecule has 0 aromatic heterocycles. The van der Waals surface area contributed by atoms with Crippen LogP contribution in [0.3, 0.4) is 0 Å². The molecule has 310 valence electrons. The quantitative estimate of drug-likeness (QED) is 0.0886. The number of nitrogens with one attached hydrogen (secondary N) is 2. The fraction of sp³-hybridized carbons (Fsp3) is 0.947. The van der Waals surface area contributed by atoms with Crippen LogP contribution in [0.5, 0.6) is 0 Å². The average Bonchev–Trinajstić information content (AvgIpc) is 3.09. The molecule has 0 heterocycles. The molecular weight excluding hydrogens is 674 g/mol. The molecule has 0 radical (unpaired) electrons. The first-order valence-electron chi connectivity index (χ1n) is 19.7. The van der Waals surface area contributed by atoms with Gasteiger partial charge in [0.05, 0.1) is 112 Å². The van der Waals surface area contributed by atoms with E-state index in [-0.39, 0.29) is 24.9 Å². The van der Waals surface area contributed by atoms with Gasteiger partial charge in [0.15, 0.2) is 0 Å². The maximum absolute atomic E-state index is 12.7. The lowest BCUT2D eigenvalue weighted by Gasteiger charge is -2.21. The highest BCUT2D eigenvalue weighted by atomic mass is 16.6. The summed E-state index contributed by atoms with van der Waals surface area (Å²) in [5.41, 5.74) is 0. The summed E-state index contributed by atoms with van der Waals surface area (Å²) in [6.45, 7) is 23.6. The Kier molecular flexibility index (Phi) is 38.1. The zero-order chi connectivity index (χ0) is 38.3. The standard InChI is InChI=1S/C38H77N3O11/c1-34(2)8-7-14-44-20-26-50-31-25-49-19-13-41(32-37(42)39-11-17-47-23-29-51-27-21-45-15-9-35(3)4)33-38(43)40-12-18-48-24-30-52-28-22-46-16-10-36(5)6/h34-36H,7-33H2,1-6H3,(H,39,42)(H,40,43). The van der Waals surface area contributed by atoms with Crippen molar-refractivity contribution in [1.82, 2.24) is 15.5 Å². The molecule has 0 rings (SSSR count). The summed E-state index contributed by atoms with van der Waals surface area (Å²) < 4.78 is 50.1. The normalized spacial score (nSPS) is 11.8. The van der Waals surface area contributed by atoms with Crippen LogP contribution in [0.25, 0.3) is 0 Å². The molecule has 0 saturated carbocycles. The van der Waals surface area contributed by atoms with Crippen LogP contribution in [0.15, 0.2) is 0 Å². The van der Waals surface area contributed by atoms with Gasteiger partial charge in [0.2, 0.25) is 11.8 Å². The van der Waals surface area contributed by atoms with E-state index in [4.69, 9.17) is 42.6 Å². The van der Waals surface area contributed by atoms with Crippen molar-refractivity contribution in [3.05, 3.63) is 0 Å². The minimum atomic E-state index is -0.198. The van der Waals surface area contributed by atoms with Gasteiger partial charge in [-0.3, -0.25) is 14.5 Å². The van der Waals surface area contributed by atoms with Crippen molar-refractivity contribution in [3.8, 4) is 0 Å². The molecule has 0 aromatic rings. The SMILES string of the molecule is CC(C)CCCOCCOCCOCCN(CC(=O)NCCOCCOCCOCCC(C)C)CC(=O)NCCOCCOCCOCCC(C)C. The number of rotatable bonds is 41. The van der Waals surface area contributed by atoms with Crippen molar-refractivity contribution in [2.24, 2.45) is 17.8 Å². The summed E-state index contributed by atoms with van der Waals surface area (Å²) >= 11 is 0. The molecule has 0 aliphatic heterocycles. The van der Waals surface area contributed by atoms with Crippen LogP contribution in [-0.4, -0.2) is 168 Å². The molecule has 0 aliphatic rings. The number of hydrogen-bond acceptors (Lipinski definition) is 12. The van der Waals surface area contributed by atoms with Gasteiger partial charge in [-0.15, -0.1) is 0 Å². The maximum atomic E-state index is 12.7. The van der Waals surface area contributed by atoms with Crippen LogP contribution < -0.4 is 10.6 Å². The van der Waals surface area contributed by atoms with E-state index in [1.54, 1.807) is 4.90 Å². The van der Waals surface area contributed by atoms with E-state index in [0.29, 0.717) is 136 Å². The van der Waals surface area contributed by atoms with Crippen LogP contribution >= 0.6 is 0 Å². The summed E-state index contributed by atoms with van der Waals surface area (Å²) in [6.07, 6.45) is 4.31. The summed E-state index contributed by atoms with van der Waals surface area (Å²) in [5, 5.41) is 5.71. The number of nitrogens with zero attached hydrogens (tertiary/aromatic N) is 1. The van der Waals surface area contributed by atoms with E-state index < -0.39 is 0 Å². The summed E-state index contributed by atoms with van der Waals surface area (Å²) in [5.74, 6) is 1.55. The lowest BCUT2D eigenvalue weighted by molar-refractivity contribution is -0.125. The van der Waals surface area contributed by atoms with Gasteiger partial charge in [-0.25, -0.2) is 0 Å². The minimum Gasteiger partial charge on any atom is -0.379 e. The zero-order valence-corrected chi connectivity index (χ0v) is 33.8. The highest BCUT2D eigenvalue weighted by molar-refractivity contribution is 5.81. The largest absolute Gasteiger partial charge is 0.379 e. The van der Waals surface area contributed by atoms with Gasteiger partial charge in [0, 0.05) is 39.5 Å². The van der Waals surface area contributed by atoms with Gasteiger partial charge in [-0.2, -0.15) is 0 Å². The van der Waals surface area contributed by atoms with Crippen molar-refractivity contribution in [1.29, 1.82) is 0 Å². The van der Waals surface area contributed by atoms with E-state index >= 15 is 0 Å². The van der Waals surface area contributed by atoms with Gasteiger partial charge >= 0.3 is 0 Å². The Bertz CT molecular complexity index is 733. The van der Waals surface area contributed by atoms with Crippen LogP contribution in [0.2, 0.25) is 0 Å². The van der Waals surface area contributed by atoms with Crippen LogP contribution in [0.1, 0.15) is 67.2 Å². The third-order valence-corrected chi connectivity index (χ3v) is 7.40. The predicted octanol–water partition coefficient (Wildman–Crippen LogP) is 3.20. The molecule has 52 heavy (non-hydrogen) atoms. The molecule has 2 N–H and O–H groups in total. The molecule has 0 unspecified atom stereocenters. The number of carbonyl (C=O) groups excluding carboxylic acids is 2. The summed E-state index contributed by atoms with van der Waals surface area (Å²) in [7, 11) is 0. The molecule has 2 amide bonds. The smallest absolute Gasteiger partial charge is 0.234 e. The molecule has 0 bridgehead atoms. The Labute approximate surface area is 315 Å². The highest BCUT2D eigenvalue weighted by Gasteiger charge is 2.14. The maximum Gasteiger partial charge on any atom is 0.234 e. The number of ether oxygens (including phenoxy) is 9. The Hall–Kier alpha value is -1.46. The lowest BCUT2D eigenvalue weighted by atomic mass is 10.1. The van der Waals surface area contributed by atoms with Crippen LogP contribution in [0, 0.1) is 17.8 Å². The third kappa shape index (κ3) is 41.3. The molecule has 0 fully saturated rings. The van der Waals surface area contributed by atoms with Gasteiger partial charge in [-0.1, -0.05) is 41.5 Å². The van der Waals surface area contributed by atoms with Gasteiger partial charge in [-0.05, 0) is 43.4 Å². The third-order valence-electron chi connectivity index (χ3n) is 7.40. The van der Waals surface area contributed by atoms with E-state index in [1.165, 1.54) is 0 Å². The number of hydrogen-bond donors (Lipinski definition) is 2. The van der Waals surface area contributed by atoms with Crippen molar-refractivity contribution in [2.75, 3.05) is 152 Å². The van der Waals surface area contributed by atoms with Crippen molar-refractivity contribution in [2.45, 2.75) is 67.2 Å². The van der Waals surface area contributed by atoms with E-state index in [2.05, 4.69) is 52.2 Å². The topological polar surface area (TPSA) is 145 Å². The molecule has 0 spiro atoms. The lowest BCUT2D eigenvalue weighted by Crippen LogP contribution is -2.45. The first-order valence-corrected chi connectivity index (χ1v) is 19.7. The second kappa shape index (κ2) is 39.2. The Morgan fingerprint density at radius 1 is 0.404 bits per heavy atom. The number of amides is 2. The molecular formula is C38H77N3O11. The van der Waals surface area contributed by atoms with Crippen LogP contribution in [-0.2, 0) is 52.2 Å². The van der Waals surface area contributed by atoms with Crippen molar-refractivity contribution < 1.29 is 52.2 Å². The van der Waals surface area contributed by atoms with Gasteiger partial charge in [0.1, 0.15) is 0 Å². The molecule has 0 aromatic carbocycles. The Balaban J connectivity index is 4.23. The van der Waals surface area contributed by atoms with Crippen LogP contribution in [0.4, 0.5) is 0 Å². The van der Waals surface area contributed by atoms with E-state index in [1.807, 2.05) is 0 Å². The first kappa shape index (κ1) is 50.5. The highest BCUT2D eigenvalue weighted by Crippen LogP contribution is 2.03. The van der Waals surface area contributed by atoms with Gasteiger partial charge < -0.3 is 53.3 Å². The molecule has 0 saturated heterocycles. The predicted molar refractivity (Wildman–Crippen MR) is 203 cm³/mol. The Morgan fingerprint density at radius 2 is 0.712 bits per heavy atom. The minimum absolute atomic E-state index is 0.0520. The average molecular weight is 752 g/mol. The number of carbonyl (C=O) groups is 2. The van der Waals surface area contributed by atoms with Crippen molar-refractivity contribution >= 4 is 11.8 Å². The molecule has 14 nitrogen and oxygen atoms in total. The first-order chi connectivity index (χ1) is 25.2. The monoisotopic (exact) mass is 752 g/mol. The molecule has 14 heteroatoms. The fourth-order valence-electron chi connectivity index (χ4n) is 4.31. The zero-order valence-electron chi connectivity index (χ0n) is 33.8. The van der Waals surface area contributed by atoms with Gasteiger partial charge in [0.25, 0.3) is 0 Å². The second-order valence-corrected chi connectivity index (χ2v) is 13.8. The Morgan fingerprint density at radius 3 is 1.08 bits per heavy atom. The second-order valence-electron chi connectivity index (χ2n) is 13.8. The molecule has 0 atom stereocenters. The molecule has 0 aliphatic carbocycles. The van der Waals surface area contributed by atoms with Crippen molar-refractivity contribution in [3.63, 3.8) is 0 Å². The fourth-order valence-corrected chi connectivity index (χ4v) is 4.31. The summed E-state index contributed by atoms with van der Waals surface area (Å²) in [6, 6.07) is 0. The van der Waals surface area contributed by atoms with E-state index in [9.17, 15) is 9.59 Å². The van der Waals surface area contributed by atoms with E-state index in [0.717, 1.165) is 45.5 Å². The summed E-state index contributed by atoms with van der Waals surface area (Å²) in [4.78, 5) is 27.1.